The molecule has 1 amide bonds. The van der Waals surface area contributed by atoms with Gasteiger partial charge in [0.1, 0.15) is 11.6 Å². The van der Waals surface area contributed by atoms with E-state index in [2.05, 4.69) is 22.0 Å². The summed E-state index contributed by atoms with van der Waals surface area (Å²) < 4.78 is 24.0. The van der Waals surface area contributed by atoms with E-state index in [9.17, 15) is 14.0 Å². The first-order valence-electron chi connectivity index (χ1n) is 8.57. The predicted molar refractivity (Wildman–Crippen MR) is 101 cm³/mol. The molecule has 1 aliphatic rings. The molecule has 27 heavy (non-hydrogen) atoms. The summed E-state index contributed by atoms with van der Waals surface area (Å²) in [5, 5.41) is 0. The number of hydrogen-bond acceptors (Lipinski definition) is 4. The maximum absolute atomic E-state index is 13.1. The van der Waals surface area contributed by atoms with Crippen molar-refractivity contribution in [3.63, 3.8) is 0 Å². The minimum Gasteiger partial charge on any atom is -0.481 e. The maximum Gasteiger partial charge on any atom is 0.344 e. The number of amides is 1. The molecule has 7 heteroatoms. The molecule has 1 heterocycles. The zero-order valence-corrected chi connectivity index (χ0v) is 16.4. The lowest BCUT2D eigenvalue weighted by Gasteiger charge is -2.30. The normalized spacial score (nSPS) is 14.3. The van der Waals surface area contributed by atoms with Crippen molar-refractivity contribution in [1.82, 2.24) is 4.90 Å². The van der Waals surface area contributed by atoms with Crippen molar-refractivity contribution in [3.8, 4) is 5.75 Å². The minimum absolute atomic E-state index is 0.235. The summed E-state index contributed by atoms with van der Waals surface area (Å²) in [7, 11) is 0. The van der Waals surface area contributed by atoms with Crippen LogP contribution in [-0.2, 0) is 27.3 Å². The summed E-state index contributed by atoms with van der Waals surface area (Å²) in [6, 6.07) is 11.9. The van der Waals surface area contributed by atoms with Gasteiger partial charge in [-0.05, 0) is 58.6 Å². The minimum atomic E-state index is -0.900. The molecular formula is C20H19BrFNO4. The largest absolute Gasteiger partial charge is 0.481 e. The van der Waals surface area contributed by atoms with E-state index in [1.165, 1.54) is 23.8 Å². The van der Waals surface area contributed by atoms with Crippen LogP contribution in [0, 0.1) is 5.82 Å². The molecule has 142 valence electrons. The van der Waals surface area contributed by atoms with Crippen molar-refractivity contribution < 1.29 is 23.5 Å². The monoisotopic (exact) mass is 435 g/mol. The smallest absolute Gasteiger partial charge is 0.344 e. The van der Waals surface area contributed by atoms with Gasteiger partial charge in [0.25, 0.3) is 5.91 Å². The SMILES string of the molecule is CC(OC(=O)COc1ccc(F)cc1Br)C(=O)N1CCc2ccccc2C1. The lowest BCUT2D eigenvalue weighted by molar-refractivity contribution is -0.161. The van der Waals surface area contributed by atoms with Gasteiger partial charge < -0.3 is 14.4 Å². The Morgan fingerprint density at radius 3 is 2.70 bits per heavy atom. The van der Waals surface area contributed by atoms with Gasteiger partial charge in [0.2, 0.25) is 0 Å². The molecule has 0 aliphatic carbocycles. The summed E-state index contributed by atoms with van der Waals surface area (Å²) in [6.45, 7) is 2.28. The predicted octanol–water partition coefficient (Wildman–Crippen LogP) is 3.48. The van der Waals surface area contributed by atoms with Crippen LogP contribution in [0.15, 0.2) is 46.9 Å². The topological polar surface area (TPSA) is 55.8 Å². The fourth-order valence-corrected chi connectivity index (χ4v) is 3.42. The molecule has 1 aliphatic heterocycles. The van der Waals surface area contributed by atoms with E-state index in [0.29, 0.717) is 23.3 Å². The first kappa shape index (κ1) is 19.4. The molecule has 0 radical (unpaired) electrons. The molecule has 0 saturated heterocycles. The number of hydrogen-bond donors (Lipinski definition) is 0. The molecule has 0 saturated carbocycles. The summed E-state index contributed by atoms with van der Waals surface area (Å²) in [4.78, 5) is 26.2. The molecule has 1 atom stereocenters. The van der Waals surface area contributed by atoms with Gasteiger partial charge in [-0.15, -0.1) is 0 Å². The van der Waals surface area contributed by atoms with Gasteiger partial charge in [-0.25, -0.2) is 9.18 Å². The fraction of sp³-hybridized carbons (Fsp3) is 0.300. The number of carbonyl (C=O) groups excluding carboxylic acids is 2. The standard InChI is InChI=1S/C20H19BrFNO4/c1-13(20(25)23-9-8-14-4-2-3-5-15(14)11-23)27-19(24)12-26-18-7-6-16(22)10-17(18)21/h2-7,10,13H,8-9,11-12H2,1H3. The fourth-order valence-electron chi connectivity index (χ4n) is 2.95. The highest BCUT2D eigenvalue weighted by Crippen LogP contribution is 2.25. The van der Waals surface area contributed by atoms with Crippen molar-refractivity contribution in [2.45, 2.75) is 26.0 Å². The highest BCUT2D eigenvalue weighted by Gasteiger charge is 2.27. The van der Waals surface area contributed by atoms with E-state index in [1.807, 2.05) is 18.2 Å². The second-order valence-corrected chi connectivity index (χ2v) is 7.13. The average molecular weight is 436 g/mol. The second kappa shape index (κ2) is 8.52. The summed E-state index contributed by atoms with van der Waals surface area (Å²) in [5.41, 5.74) is 2.35. The van der Waals surface area contributed by atoms with Gasteiger partial charge >= 0.3 is 5.97 Å². The number of rotatable bonds is 5. The highest BCUT2D eigenvalue weighted by molar-refractivity contribution is 9.10. The van der Waals surface area contributed by atoms with E-state index in [1.54, 1.807) is 11.8 Å². The van der Waals surface area contributed by atoms with Crippen LogP contribution in [0.3, 0.4) is 0 Å². The average Bonchev–Trinajstić information content (AvgIpc) is 2.66. The molecular weight excluding hydrogens is 417 g/mol. The number of carbonyl (C=O) groups is 2. The number of esters is 1. The van der Waals surface area contributed by atoms with Gasteiger partial charge in [0, 0.05) is 13.1 Å². The van der Waals surface area contributed by atoms with E-state index < -0.39 is 17.9 Å². The van der Waals surface area contributed by atoms with Gasteiger partial charge in [0.05, 0.1) is 4.47 Å². The third-order valence-electron chi connectivity index (χ3n) is 4.34. The van der Waals surface area contributed by atoms with Crippen LogP contribution in [0.4, 0.5) is 4.39 Å². The van der Waals surface area contributed by atoms with Crippen LogP contribution in [0.2, 0.25) is 0 Å². The summed E-state index contributed by atoms with van der Waals surface area (Å²) >= 11 is 3.16. The maximum atomic E-state index is 13.1. The Kier molecular flexibility index (Phi) is 6.11. The Labute approximate surface area is 165 Å². The summed E-state index contributed by atoms with van der Waals surface area (Å²) in [5.74, 6) is -0.996. The van der Waals surface area contributed by atoms with E-state index >= 15 is 0 Å². The molecule has 0 aromatic heterocycles. The molecule has 3 rings (SSSR count). The number of ether oxygens (including phenoxy) is 2. The Balaban J connectivity index is 1.51. The number of nitrogens with zero attached hydrogens (tertiary/aromatic N) is 1. The Morgan fingerprint density at radius 1 is 1.22 bits per heavy atom. The van der Waals surface area contributed by atoms with Gasteiger partial charge in [-0.1, -0.05) is 24.3 Å². The number of halogens is 2. The van der Waals surface area contributed by atoms with Crippen molar-refractivity contribution >= 4 is 27.8 Å². The van der Waals surface area contributed by atoms with Crippen LogP contribution < -0.4 is 4.74 Å². The molecule has 1 unspecified atom stereocenters. The van der Waals surface area contributed by atoms with Crippen LogP contribution in [0.5, 0.6) is 5.75 Å². The van der Waals surface area contributed by atoms with Crippen LogP contribution in [0.1, 0.15) is 18.1 Å². The summed E-state index contributed by atoms with van der Waals surface area (Å²) in [6.07, 6.45) is -0.118. The Morgan fingerprint density at radius 2 is 1.96 bits per heavy atom. The lowest BCUT2D eigenvalue weighted by atomic mass is 9.99. The molecule has 0 spiro atoms. The van der Waals surface area contributed by atoms with Crippen molar-refractivity contribution in [1.29, 1.82) is 0 Å². The first-order chi connectivity index (χ1) is 12.9. The van der Waals surface area contributed by atoms with Crippen molar-refractivity contribution in [2.24, 2.45) is 0 Å². The van der Waals surface area contributed by atoms with Crippen LogP contribution >= 0.6 is 15.9 Å². The number of benzene rings is 2. The third kappa shape index (κ3) is 4.86. The van der Waals surface area contributed by atoms with Crippen LogP contribution in [0.25, 0.3) is 0 Å². The second-order valence-electron chi connectivity index (χ2n) is 6.27. The molecule has 2 aromatic carbocycles. The lowest BCUT2D eigenvalue weighted by Crippen LogP contribution is -2.43. The number of fused-ring (bicyclic) bond motifs is 1. The highest BCUT2D eigenvalue weighted by atomic mass is 79.9. The zero-order chi connectivity index (χ0) is 19.4. The molecule has 0 bridgehead atoms. The first-order valence-corrected chi connectivity index (χ1v) is 9.36. The van der Waals surface area contributed by atoms with E-state index in [-0.39, 0.29) is 12.5 Å². The molecule has 2 aromatic rings. The van der Waals surface area contributed by atoms with Crippen molar-refractivity contribution in [3.05, 3.63) is 63.9 Å². The van der Waals surface area contributed by atoms with E-state index in [0.717, 1.165) is 12.0 Å². The Bertz CT molecular complexity index is 858. The van der Waals surface area contributed by atoms with E-state index in [4.69, 9.17) is 9.47 Å². The molecule has 5 nitrogen and oxygen atoms in total. The quantitative estimate of drug-likeness (QED) is 0.674. The molecule has 0 fully saturated rings. The van der Waals surface area contributed by atoms with Gasteiger partial charge in [-0.2, -0.15) is 0 Å². The van der Waals surface area contributed by atoms with Gasteiger partial charge in [-0.3, -0.25) is 4.79 Å². The van der Waals surface area contributed by atoms with Crippen molar-refractivity contribution in [2.75, 3.05) is 13.2 Å². The molecule has 0 N–H and O–H groups in total. The van der Waals surface area contributed by atoms with Crippen LogP contribution in [-0.4, -0.2) is 36.0 Å². The third-order valence-corrected chi connectivity index (χ3v) is 4.96. The van der Waals surface area contributed by atoms with Gasteiger partial charge in [0.15, 0.2) is 12.7 Å². The Hall–Kier alpha value is -2.41. The zero-order valence-electron chi connectivity index (χ0n) is 14.8.